The third kappa shape index (κ3) is 5.62. The first kappa shape index (κ1) is 26.4. The molecular formula is C31H22N4O4S. The molecule has 0 saturated carbocycles. The molecule has 0 unspecified atom stereocenters. The Balaban J connectivity index is 1.29. The number of nitrogens with zero attached hydrogens (tertiary/aromatic N) is 3. The summed E-state index contributed by atoms with van der Waals surface area (Å²) in [6.45, 7) is 0. The molecule has 0 radical (unpaired) electrons. The summed E-state index contributed by atoms with van der Waals surface area (Å²) >= 11 is 1.17. The molecule has 40 heavy (non-hydrogen) atoms. The number of aromatic nitrogens is 2. The van der Waals surface area contributed by atoms with Gasteiger partial charge in [-0.1, -0.05) is 54.2 Å². The van der Waals surface area contributed by atoms with Crippen LogP contribution in [0.5, 0.6) is 5.75 Å². The minimum atomic E-state index is -1.02. The third-order valence-corrected chi connectivity index (χ3v) is 7.11. The number of nitrogens with one attached hydrogen (secondary N) is 1. The van der Waals surface area contributed by atoms with E-state index in [2.05, 4.69) is 21.4 Å². The van der Waals surface area contributed by atoms with E-state index in [1.165, 1.54) is 11.8 Å². The number of aromatic carboxylic acids is 1. The smallest absolute Gasteiger partial charge is 0.336 e. The lowest BCUT2D eigenvalue weighted by atomic mass is 10.0. The number of pyridine rings is 2. The molecule has 8 nitrogen and oxygen atoms in total. The Hall–Kier alpha value is -5.20. The van der Waals surface area contributed by atoms with Crippen molar-refractivity contribution in [2.24, 2.45) is 0 Å². The molecule has 2 N–H and O–H groups in total. The topological polar surface area (TPSA) is 125 Å². The zero-order valence-electron chi connectivity index (χ0n) is 21.3. The fourth-order valence-corrected chi connectivity index (χ4v) is 4.97. The van der Waals surface area contributed by atoms with Crippen LogP contribution in [0.1, 0.15) is 15.9 Å². The Morgan fingerprint density at radius 2 is 1.70 bits per heavy atom. The van der Waals surface area contributed by atoms with Gasteiger partial charge in [0.2, 0.25) is 5.91 Å². The average molecular weight is 547 g/mol. The Morgan fingerprint density at radius 3 is 2.45 bits per heavy atom. The van der Waals surface area contributed by atoms with Crippen molar-refractivity contribution in [1.29, 1.82) is 5.26 Å². The molecule has 0 aliphatic carbocycles. The summed E-state index contributed by atoms with van der Waals surface area (Å²) in [5, 5.41) is 23.1. The van der Waals surface area contributed by atoms with E-state index in [4.69, 9.17) is 4.74 Å². The molecule has 3 aromatic carbocycles. The summed E-state index contributed by atoms with van der Waals surface area (Å²) in [6.07, 6.45) is 0. The number of carbonyl (C=O) groups is 2. The monoisotopic (exact) mass is 546 g/mol. The van der Waals surface area contributed by atoms with Crippen LogP contribution in [0.25, 0.3) is 33.4 Å². The van der Waals surface area contributed by atoms with Crippen LogP contribution in [0.4, 0.5) is 5.69 Å². The van der Waals surface area contributed by atoms with Crippen LogP contribution in [-0.2, 0) is 4.79 Å². The van der Waals surface area contributed by atoms with E-state index in [1.807, 2.05) is 30.3 Å². The predicted molar refractivity (Wildman–Crippen MR) is 154 cm³/mol. The van der Waals surface area contributed by atoms with Gasteiger partial charge in [-0.25, -0.2) is 14.8 Å². The average Bonchev–Trinajstić information content (AvgIpc) is 2.99. The first-order valence-electron chi connectivity index (χ1n) is 12.2. The first-order chi connectivity index (χ1) is 19.5. The second-order valence-electron chi connectivity index (χ2n) is 8.65. The number of benzene rings is 3. The van der Waals surface area contributed by atoms with E-state index >= 15 is 0 Å². The molecule has 2 heterocycles. The summed E-state index contributed by atoms with van der Waals surface area (Å²) in [5.41, 5.74) is 4.39. The number of carboxylic acid groups (broad SMARTS) is 1. The van der Waals surface area contributed by atoms with Crippen molar-refractivity contribution in [3.63, 3.8) is 0 Å². The quantitative estimate of drug-likeness (QED) is 0.218. The molecule has 0 saturated heterocycles. The maximum atomic E-state index is 12.7. The predicted octanol–water partition coefficient (Wildman–Crippen LogP) is 6.27. The van der Waals surface area contributed by atoms with Gasteiger partial charge in [0, 0.05) is 22.2 Å². The molecule has 0 aliphatic heterocycles. The lowest BCUT2D eigenvalue weighted by Gasteiger charge is -2.11. The van der Waals surface area contributed by atoms with Crippen molar-refractivity contribution in [1.82, 2.24) is 9.97 Å². The van der Waals surface area contributed by atoms with Crippen molar-refractivity contribution in [3.8, 4) is 34.3 Å². The summed E-state index contributed by atoms with van der Waals surface area (Å²) in [6, 6.07) is 28.7. The highest BCUT2D eigenvalue weighted by Crippen LogP contribution is 2.31. The van der Waals surface area contributed by atoms with Crippen LogP contribution in [0.3, 0.4) is 0 Å². The van der Waals surface area contributed by atoms with Crippen LogP contribution in [0, 0.1) is 11.3 Å². The van der Waals surface area contributed by atoms with Gasteiger partial charge in [0.05, 0.1) is 40.9 Å². The zero-order valence-corrected chi connectivity index (χ0v) is 22.1. The van der Waals surface area contributed by atoms with E-state index in [0.29, 0.717) is 44.3 Å². The van der Waals surface area contributed by atoms with Gasteiger partial charge in [0.25, 0.3) is 0 Å². The van der Waals surface area contributed by atoms with E-state index in [0.717, 1.165) is 11.1 Å². The largest absolute Gasteiger partial charge is 0.496 e. The zero-order chi connectivity index (χ0) is 28.1. The van der Waals surface area contributed by atoms with Gasteiger partial charge < -0.3 is 15.2 Å². The maximum absolute atomic E-state index is 12.7. The summed E-state index contributed by atoms with van der Waals surface area (Å²) in [5.74, 6) is -0.575. The van der Waals surface area contributed by atoms with Crippen LogP contribution >= 0.6 is 11.8 Å². The molecule has 5 aromatic rings. The number of carbonyl (C=O) groups excluding carboxylic acids is 1. The van der Waals surface area contributed by atoms with Crippen LogP contribution in [0.2, 0.25) is 0 Å². The number of carboxylic acids is 1. The SMILES string of the molecule is COc1ccccc1-c1ccc(C#N)c(SCC(=O)Nc2ccc(-c3cc(C(=O)O)c4ccccc4n3)cc2)n1. The number of para-hydroxylation sites is 2. The second kappa shape index (κ2) is 11.7. The van der Waals surface area contributed by atoms with Gasteiger partial charge in [0.1, 0.15) is 16.8 Å². The van der Waals surface area contributed by atoms with E-state index in [9.17, 15) is 20.0 Å². The van der Waals surface area contributed by atoms with E-state index < -0.39 is 5.97 Å². The summed E-state index contributed by atoms with van der Waals surface area (Å²) in [7, 11) is 1.58. The van der Waals surface area contributed by atoms with Gasteiger partial charge in [-0.3, -0.25) is 4.79 Å². The summed E-state index contributed by atoms with van der Waals surface area (Å²) < 4.78 is 5.43. The normalized spacial score (nSPS) is 10.6. The standard InChI is InChI=1S/C31H22N4O4S/c1-39-28-9-5-3-7-23(28)26-15-12-20(17-32)30(35-26)40-18-29(36)33-21-13-10-19(11-14-21)27-16-24(31(37)38)22-6-2-4-8-25(22)34-27/h2-16H,18H2,1H3,(H,33,36)(H,37,38). The molecule has 2 aromatic heterocycles. The van der Waals surface area contributed by atoms with Crippen molar-refractivity contribution in [2.75, 3.05) is 18.2 Å². The van der Waals surface area contributed by atoms with Gasteiger partial charge in [0.15, 0.2) is 0 Å². The van der Waals surface area contributed by atoms with Crippen LogP contribution in [0.15, 0.2) is 96.0 Å². The number of anilines is 1. The molecule has 0 fully saturated rings. The van der Waals surface area contributed by atoms with E-state index in [1.54, 1.807) is 67.8 Å². The number of hydrogen-bond acceptors (Lipinski definition) is 7. The number of hydrogen-bond donors (Lipinski definition) is 2. The molecule has 0 aliphatic rings. The Bertz CT molecular complexity index is 1780. The molecule has 0 spiro atoms. The van der Waals surface area contributed by atoms with Crippen LogP contribution < -0.4 is 10.1 Å². The molecule has 0 bridgehead atoms. The lowest BCUT2D eigenvalue weighted by Crippen LogP contribution is -2.14. The maximum Gasteiger partial charge on any atom is 0.336 e. The highest BCUT2D eigenvalue weighted by molar-refractivity contribution is 8.00. The molecule has 5 rings (SSSR count). The van der Waals surface area contributed by atoms with Crippen molar-refractivity contribution >= 4 is 40.2 Å². The minimum absolute atomic E-state index is 0.0486. The Morgan fingerprint density at radius 1 is 0.950 bits per heavy atom. The highest BCUT2D eigenvalue weighted by Gasteiger charge is 2.15. The molecule has 196 valence electrons. The number of fused-ring (bicyclic) bond motifs is 1. The van der Waals surface area contributed by atoms with Crippen molar-refractivity contribution < 1.29 is 19.4 Å². The van der Waals surface area contributed by atoms with Crippen molar-refractivity contribution in [3.05, 3.63) is 102 Å². The number of ether oxygens (including phenoxy) is 1. The van der Waals surface area contributed by atoms with Crippen molar-refractivity contribution in [2.45, 2.75) is 5.03 Å². The lowest BCUT2D eigenvalue weighted by molar-refractivity contribution is -0.113. The number of methoxy groups -OCH3 is 1. The highest BCUT2D eigenvalue weighted by atomic mass is 32.2. The molecular weight excluding hydrogens is 524 g/mol. The fraction of sp³-hybridized carbons (Fsp3) is 0.0645. The summed E-state index contributed by atoms with van der Waals surface area (Å²) in [4.78, 5) is 33.7. The number of amides is 1. The molecule has 0 atom stereocenters. The van der Waals surface area contributed by atoms with Gasteiger partial charge in [-0.15, -0.1) is 0 Å². The van der Waals surface area contributed by atoms with E-state index in [-0.39, 0.29) is 17.2 Å². The first-order valence-corrected chi connectivity index (χ1v) is 13.2. The number of rotatable bonds is 8. The number of nitriles is 1. The van der Waals surface area contributed by atoms with Crippen LogP contribution in [-0.4, -0.2) is 39.8 Å². The fourth-order valence-electron chi connectivity index (χ4n) is 4.20. The molecule has 1 amide bonds. The van der Waals surface area contributed by atoms with Gasteiger partial charge in [-0.2, -0.15) is 5.26 Å². The third-order valence-electron chi connectivity index (χ3n) is 6.11. The Labute approximate surface area is 234 Å². The minimum Gasteiger partial charge on any atom is -0.496 e. The molecule has 9 heteroatoms. The van der Waals surface area contributed by atoms with Gasteiger partial charge in [-0.05, 0) is 48.5 Å². The number of thioether (sulfide) groups is 1. The Kier molecular flexibility index (Phi) is 7.71. The van der Waals surface area contributed by atoms with Gasteiger partial charge >= 0.3 is 5.97 Å². The second-order valence-corrected chi connectivity index (χ2v) is 9.62.